The topological polar surface area (TPSA) is 23.8 Å². The molecule has 4 rings (SSSR count). The zero-order valence-electron chi connectivity index (χ0n) is 19.6. The molecule has 0 radical (unpaired) electrons. The summed E-state index contributed by atoms with van der Waals surface area (Å²) in [6.45, 7) is 2.22. The first-order chi connectivity index (χ1) is 17.1. The Kier molecular flexibility index (Phi) is 7.71. The number of benzene rings is 4. The largest absolute Gasteiger partial charge is 0.205 e. The van der Waals surface area contributed by atoms with Gasteiger partial charge < -0.3 is 0 Å². The zero-order valence-corrected chi connectivity index (χ0v) is 19.6. The lowest BCUT2D eigenvalue weighted by Gasteiger charge is -2.05. The Labute approximate surface area is 205 Å². The van der Waals surface area contributed by atoms with E-state index < -0.39 is 17.2 Å². The van der Waals surface area contributed by atoms with Gasteiger partial charge in [0.05, 0.1) is 0 Å². The van der Waals surface area contributed by atoms with Crippen LogP contribution in [0.2, 0.25) is 0 Å². The molecule has 3 heteroatoms. The summed E-state index contributed by atoms with van der Waals surface area (Å²) in [6, 6.07) is 28.0. The van der Waals surface area contributed by atoms with Crippen LogP contribution >= 0.6 is 0 Å². The summed E-state index contributed by atoms with van der Waals surface area (Å²) in [5, 5.41) is 8.82. The number of hydrogen-bond acceptors (Lipinski definition) is 1. The van der Waals surface area contributed by atoms with Crippen molar-refractivity contribution in [1.29, 1.82) is 5.26 Å². The summed E-state index contributed by atoms with van der Waals surface area (Å²) in [7, 11) is 0. The Morgan fingerprint density at radius 1 is 0.629 bits per heavy atom. The first-order valence-electron chi connectivity index (χ1n) is 11.8. The molecule has 172 valence electrons. The van der Waals surface area contributed by atoms with Crippen LogP contribution in [-0.4, -0.2) is 0 Å². The van der Waals surface area contributed by atoms with E-state index in [-0.39, 0.29) is 0 Å². The molecule has 4 aromatic carbocycles. The van der Waals surface area contributed by atoms with Gasteiger partial charge in [-0.05, 0) is 77.1 Å². The zero-order chi connectivity index (χ0) is 24.6. The summed E-state index contributed by atoms with van der Waals surface area (Å²) < 4.78 is 27.8. The van der Waals surface area contributed by atoms with Crippen LogP contribution < -0.4 is 0 Å². The molecule has 0 N–H and O–H groups in total. The van der Waals surface area contributed by atoms with Crippen molar-refractivity contribution in [2.45, 2.75) is 32.6 Å². The fourth-order valence-electron chi connectivity index (χ4n) is 3.93. The molecule has 35 heavy (non-hydrogen) atoms. The molecule has 0 bridgehead atoms. The van der Waals surface area contributed by atoms with Gasteiger partial charge in [0.2, 0.25) is 0 Å². The van der Waals surface area contributed by atoms with Crippen LogP contribution in [0.5, 0.6) is 0 Å². The average Bonchev–Trinajstić information content (AvgIpc) is 2.88. The van der Waals surface area contributed by atoms with E-state index in [4.69, 9.17) is 5.26 Å². The summed E-state index contributed by atoms with van der Waals surface area (Å²) in [4.78, 5) is 0. The number of aryl methyl sites for hydroxylation is 1. The molecule has 0 aliphatic carbocycles. The predicted molar refractivity (Wildman–Crippen MR) is 138 cm³/mol. The average molecular weight is 462 g/mol. The molecule has 0 aliphatic rings. The highest BCUT2D eigenvalue weighted by Crippen LogP contribution is 2.25. The minimum absolute atomic E-state index is 0.378. The maximum absolute atomic E-state index is 13.9. The van der Waals surface area contributed by atoms with Crippen LogP contribution in [0.3, 0.4) is 0 Å². The second-order valence-electron chi connectivity index (χ2n) is 8.49. The highest BCUT2D eigenvalue weighted by molar-refractivity contribution is 5.67. The van der Waals surface area contributed by atoms with Gasteiger partial charge in [0.15, 0.2) is 0 Å². The van der Waals surface area contributed by atoms with Crippen molar-refractivity contribution < 1.29 is 8.78 Å². The van der Waals surface area contributed by atoms with Gasteiger partial charge in [-0.2, -0.15) is 5.26 Å². The van der Waals surface area contributed by atoms with Gasteiger partial charge in [-0.15, -0.1) is 0 Å². The lowest BCUT2D eigenvalue weighted by molar-refractivity contribution is 0.577. The van der Waals surface area contributed by atoms with E-state index in [0.717, 1.165) is 23.1 Å². The number of hydrogen-bond donors (Lipinski definition) is 0. The van der Waals surface area contributed by atoms with Gasteiger partial charge >= 0.3 is 0 Å². The second-order valence-corrected chi connectivity index (χ2v) is 8.49. The first kappa shape index (κ1) is 23.9. The van der Waals surface area contributed by atoms with E-state index in [1.54, 1.807) is 12.1 Å². The maximum Gasteiger partial charge on any atom is 0.144 e. The highest BCUT2D eigenvalue weighted by atomic mass is 19.1. The number of nitrogens with zero attached hydrogens (tertiary/aromatic N) is 1. The molecule has 0 atom stereocenters. The van der Waals surface area contributed by atoms with Crippen molar-refractivity contribution in [3.8, 4) is 40.2 Å². The van der Waals surface area contributed by atoms with Gasteiger partial charge in [-0.1, -0.05) is 80.1 Å². The fraction of sp³-hybridized carbons (Fsp3) is 0.156. The van der Waals surface area contributed by atoms with Crippen molar-refractivity contribution in [3.05, 3.63) is 119 Å². The van der Waals surface area contributed by atoms with Gasteiger partial charge in [0.25, 0.3) is 0 Å². The summed E-state index contributed by atoms with van der Waals surface area (Å²) in [5.74, 6) is 4.57. The van der Waals surface area contributed by atoms with Crippen molar-refractivity contribution in [3.63, 3.8) is 0 Å². The third-order valence-corrected chi connectivity index (χ3v) is 5.96. The molecule has 0 heterocycles. The minimum Gasteiger partial charge on any atom is -0.205 e. The van der Waals surface area contributed by atoms with Crippen LogP contribution in [0.15, 0.2) is 84.9 Å². The molecule has 0 saturated heterocycles. The third-order valence-electron chi connectivity index (χ3n) is 5.96. The number of halogens is 2. The Morgan fingerprint density at radius 3 is 1.54 bits per heavy atom. The van der Waals surface area contributed by atoms with Crippen molar-refractivity contribution in [2.75, 3.05) is 0 Å². The Hall–Kier alpha value is -4.21. The maximum atomic E-state index is 13.9. The third kappa shape index (κ3) is 6.03. The van der Waals surface area contributed by atoms with E-state index in [9.17, 15) is 8.78 Å². The number of unbranched alkanes of at least 4 members (excludes halogenated alkanes) is 2. The minimum atomic E-state index is -0.863. The van der Waals surface area contributed by atoms with Gasteiger partial charge in [0.1, 0.15) is 23.3 Å². The van der Waals surface area contributed by atoms with Crippen LogP contribution in [0.1, 0.15) is 48.4 Å². The molecule has 0 fully saturated rings. The molecule has 1 nitrogen and oxygen atoms in total. The van der Waals surface area contributed by atoms with Gasteiger partial charge in [-0.25, -0.2) is 8.78 Å². The van der Waals surface area contributed by atoms with E-state index in [2.05, 4.69) is 55.2 Å². The first-order valence-corrected chi connectivity index (χ1v) is 11.8. The normalized spacial score (nSPS) is 10.3. The molecule has 0 aliphatic heterocycles. The molecule has 0 spiro atoms. The molecule has 0 unspecified atom stereocenters. The van der Waals surface area contributed by atoms with Crippen LogP contribution in [0.25, 0.3) is 22.3 Å². The Balaban J connectivity index is 1.43. The summed E-state index contributed by atoms with van der Waals surface area (Å²) in [5.41, 5.74) is 5.89. The van der Waals surface area contributed by atoms with Crippen LogP contribution in [0.4, 0.5) is 8.78 Å². The van der Waals surface area contributed by atoms with Crippen LogP contribution in [-0.2, 0) is 6.42 Å². The highest BCUT2D eigenvalue weighted by Gasteiger charge is 2.11. The lowest BCUT2D eigenvalue weighted by atomic mass is 10.0. The molecule has 4 aromatic rings. The van der Waals surface area contributed by atoms with E-state index in [1.165, 1.54) is 48.6 Å². The number of rotatable bonds is 6. The van der Waals surface area contributed by atoms with E-state index in [1.807, 2.05) is 24.3 Å². The molecular weight excluding hydrogens is 436 g/mol. The second kappa shape index (κ2) is 11.3. The molecule has 0 aromatic heterocycles. The summed E-state index contributed by atoms with van der Waals surface area (Å²) in [6.07, 6.45) is 4.87. The predicted octanol–water partition coefficient (Wildman–Crippen LogP) is 8.30. The van der Waals surface area contributed by atoms with Crippen LogP contribution in [0, 0.1) is 34.8 Å². The van der Waals surface area contributed by atoms with E-state index in [0.29, 0.717) is 11.1 Å². The molecule has 0 amide bonds. The lowest BCUT2D eigenvalue weighted by Crippen LogP contribution is -1.92. The van der Waals surface area contributed by atoms with Crippen molar-refractivity contribution >= 4 is 0 Å². The SMILES string of the molecule is CCCCCc1ccc(-c2ccc(C#Cc3ccc(-c4cc(F)c(C#N)c(F)c4)cc3)cc2)cc1. The Bertz CT molecular complexity index is 1380. The number of nitriles is 1. The molecular formula is C32H25F2N. The quantitative estimate of drug-likeness (QED) is 0.209. The standard InChI is InChI=1S/C32H25F2N/c1-2-3-4-5-23-8-14-26(15-9-23)27-16-10-24(11-17-27)6-7-25-12-18-28(19-13-25)29-20-31(33)30(22-35)32(34)21-29/h8-21H,2-5H2,1H3. The van der Waals surface area contributed by atoms with Crippen molar-refractivity contribution in [2.24, 2.45) is 0 Å². The summed E-state index contributed by atoms with van der Waals surface area (Å²) >= 11 is 0. The smallest absolute Gasteiger partial charge is 0.144 e. The van der Waals surface area contributed by atoms with Crippen molar-refractivity contribution in [1.82, 2.24) is 0 Å². The monoisotopic (exact) mass is 461 g/mol. The van der Waals surface area contributed by atoms with E-state index >= 15 is 0 Å². The van der Waals surface area contributed by atoms with Gasteiger partial charge in [-0.3, -0.25) is 0 Å². The van der Waals surface area contributed by atoms with Gasteiger partial charge in [0, 0.05) is 11.1 Å². The molecule has 0 saturated carbocycles. The Morgan fingerprint density at radius 2 is 1.09 bits per heavy atom. The fourth-order valence-corrected chi connectivity index (χ4v) is 3.93.